The molecule has 0 spiro atoms. The molecule has 0 bridgehead atoms. The molecule has 0 saturated carbocycles. The molecule has 1 aromatic rings. The third-order valence-electron chi connectivity index (χ3n) is 3.56. The van der Waals surface area contributed by atoms with Gasteiger partial charge in [-0.1, -0.05) is 0 Å². The van der Waals surface area contributed by atoms with Crippen LogP contribution in [0.15, 0.2) is 6.07 Å². The van der Waals surface area contributed by atoms with E-state index in [1.807, 2.05) is 26.8 Å². The van der Waals surface area contributed by atoms with E-state index in [1.165, 1.54) is 0 Å². The van der Waals surface area contributed by atoms with E-state index in [4.69, 9.17) is 9.84 Å². The number of hydrogen-bond acceptors (Lipinski definition) is 3. The fourth-order valence-electron chi connectivity index (χ4n) is 1.91. The van der Waals surface area contributed by atoms with Crippen LogP contribution >= 0.6 is 0 Å². The van der Waals surface area contributed by atoms with Crippen LogP contribution in [0.2, 0.25) is 0 Å². The zero-order valence-electron chi connectivity index (χ0n) is 12.5. The molecule has 0 aliphatic rings. The van der Waals surface area contributed by atoms with Gasteiger partial charge in [0.25, 0.3) is 0 Å². The van der Waals surface area contributed by atoms with Crippen molar-refractivity contribution in [3.63, 3.8) is 0 Å². The van der Waals surface area contributed by atoms with E-state index in [-0.39, 0.29) is 0 Å². The van der Waals surface area contributed by atoms with Crippen molar-refractivity contribution in [1.29, 1.82) is 0 Å². The Morgan fingerprint density at radius 2 is 1.89 bits per heavy atom. The van der Waals surface area contributed by atoms with Gasteiger partial charge in [0, 0.05) is 12.2 Å². The van der Waals surface area contributed by atoms with Gasteiger partial charge in [-0.25, -0.2) is 0 Å². The molecular weight excluding hydrogens is 242 g/mol. The highest BCUT2D eigenvalue weighted by Gasteiger charge is 2.27. The second-order valence-electron chi connectivity index (χ2n) is 5.56. The molecule has 0 aromatic heterocycles. The Hall–Kier alpha value is -1.71. The average Bonchev–Trinajstić information content (AvgIpc) is 2.33. The molecule has 0 heterocycles. The number of aryl methyl sites for hydroxylation is 1. The Kier molecular flexibility index (Phi) is 4.45. The number of ether oxygens (including phenoxy) is 1. The first-order chi connectivity index (χ1) is 8.70. The molecule has 2 N–H and O–H groups in total. The molecule has 0 fully saturated rings. The van der Waals surface area contributed by atoms with Gasteiger partial charge in [0.05, 0.1) is 12.5 Å². The molecule has 0 saturated heterocycles. The summed E-state index contributed by atoms with van der Waals surface area (Å²) in [6, 6.07) is 1.97. The molecule has 0 radical (unpaired) electrons. The zero-order chi connectivity index (χ0) is 14.8. The summed E-state index contributed by atoms with van der Waals surface area (Å²) in [7, 11) is 1.65. The summed E-state index contributed by atoms with van der Waals surface area (Å²) in [5, 5.41) is 12.4. The van der Waals surface area contributed by atoms with Crippen molar-refractivity contribution in [3.8, 4) is 5.75 Å². The predicted octanol–water partition coefficient (Wildman–Crippen LogP) is 3.14. The maximum Gasteiger partial charge on any atom is 0.310 e. The van der Waals surface area contributed by atoms with Crippen LogP contribution in [0.5, 0.6) is 5.75 Å². The van der Waals surface area contributed by atoms with E-state index in [0.717, 1.165) is 28.1 Å². The number of aliphatic carboxylic acids is 1. The minimum absolute atomic E-state index is 0.385. The number of anilines is 1. The van der Waals surface area contributed by atoms with Crippen LogP contribution in [0.4, 0.5) is 5.69 Å². The Balaban J connectivity index is 3.03. The van der Waals surface area contributed by atoms with E-state index in [1.54, 1.807) is 21.0 Å². The van der Waals surface area contributed by atoms with Crippen LogP contribution < -0.4 is 10.1 Å². The largest absolute Gasteiger partial charge is 0.496 e. The molecule has 0 amide bonds. The first-order valence-corrected chi connectivity index (χ1v) is 6.32. The molecule has 1 aromatic carbocycles. The first-order valence-electron chi connectivity index (χ1n) is 6.32. The van der Waals surface area contributed by atoms with E-state index in [9.17, 15) is 4.79 Å². The Labute approximate surface area is 114 Å². The normalized spacial score (nSPS) is 11.3. The number of rotatable bonds is 5. The number of benzene rings is 1. The van der Waals surface area contributed by atoms with Gasteiger partial charge >= 0.3 is 5.97 Å². The SMILES string of the molecule is COc1cc(C)c(NCC(C)(C)C(=O)O)c(C)c1C. The van der Waals surface area contributed by atoms with E-state index < -0.39 is 11.4 Å². The smallest absolute Gasteiger partial charge is 0.310 e. The van der Waals surface area contributed by atoms with E-state index >= 15 is 0 Å². The second kappa shape index (κ2) is 5.51. The van der Waals surface area contributed by atoms with Gasteiger partial charge in [0.15, 0.2) is 0 Å². The Bertz CT molecular complexity index is 493. The lowest BCUT2D eigenvalue weighted by Gasteiger charge is -2.23. The third-order valence-corrected chi connectivity index (χ3v) is 3.56. The van der Waals surface area contributed by atoms with Gasteiger partial charge < -0.3 is 15.2 Å². The van der Waals surface area contributed by atoms with Crippen LogP contribution in [-0.2, 0) is 4.79 Å². The van der Waals surface area contributed by atoms with Crippen molar-refractivity contribution in [2.75, 3.05) is 19.0 Å². The van der Waals surface area contributed by atoms with Gasteiger partial charge in [-0.05, 0) is 57.4 Å². The maximum absolute atomic E-state index is 11.1. The molecule has 0 atom stereocenters. The Morgan fingerprint density at radius 1 is 1.32 bits per heavy atom. The molecule has 0 aliphatic carbocycles. The molecular formula is C15H23NO3. The minimum atomic E-state index is -0.805. The highest BCUT2D eigenvalue weighted by molar-refractivity contribution is 5.75. The molecule has 0 unspecified atom stereocenters. The van der Waals surface area contributed by atoms with Crippen molar-refractivity contribution in [1.82, 2.24) is 0 Å². The van der Waals surface area contributed by atoms with Crippen LogP contribution in [0, 0.1) is 26.2 Å². The standard InChI is InChI=1S/C15H23NO3/c1-9-7-12(19-6)10(2)11(3)13(9)16-8-15(4,5)14(17)18/h7,16H,8H2,1-6H3,(H,17,18). The highest BCUT2D eigenvalue weighted by Crippen LogP contribution is 2.31. The minimum Gasteiger partial charge on any atom is -0.496 e. The second-order valence-corrected chi connectivity index (χ2v) is 5.56. The monoisotopic (exact) mass is 265 g/mol. The molecule has 4 nitrogen and oxygen atoms in total. The number of carboxylic acids is 1. The molecule has 19 heavy (non-hydrogen) atoms. The number of methoxy groups -OCH3 is 1. The predicted molar refractivity (Wildman–Crippen MR) is 77.1 cm³/mol. The van der Waals surface area contributed by atoms with Gasteiger partial charge in [-0.15, -0.1) is 0 Å². The lowest BCUT2D eigenvalue weighted by atomic mass is 9.93. The van der Waals surface area contributed by atoms with Crippen molar-refractivity contribution < 1.29 is 14.6 Å². The summed E-state index contributed by atoms with van der Waals surface area (Å²) < 4.78 is 5.32. The van der Waals surface area contributed by atoms with Gasteiger partial charge in [-0.3, -0.25) is 4.79 Å². The summed E-state index contributed by atoms with van der Waals surface area (Å²) in [5.74, 6) is 0.0542. The number of nitrogens with one attached hydrogen (secondary N) is 1. The summed E-state index contributed by atoms with van der Waals surface area (Å²) in [4.78, 5) is 11.1. The molecule has 1 rings (SSSR count). The van der Waals surface area contributed by atoms with Crippen molar-refractivity contribution in [2.45, 2.75) is 34.6 Å². The average molecular weight is 265 g/mol. The molecule has 4 heteroatoms. The number of hydrogen-bond donors (Lipinski definition) is 2. The third kappa shape index (κ3) is 3.19. The fraction of sp³-hybridized carbons (Fsp3) is 0.533. The lowest BCUT2D eigenvalue weighted by molar-refractivity contribution is -0.146. The topological polar surface area (TPSA) is 58.6 Å². The van der Waals surface area contributed by atoms with Crippen LogP contribution in [0.3, 0.4) is 0 Å². The quantitative estimate of drug-likeness (QED) is 0.858. The van der Waals surface area contributed by atoms with E-state index in [0.29, 0.717) is 6.54 Å². The van der Waals surface area contributed by atoms with Gasteiger partial charge in [0.2, 0.25) is 0 Å². The maximum atomic E-state index is 11.1. The highest BCUT2D eigenvalue weighted by atomic mass is 16.5. The first kappa shape index (κ1) is 15.3. The summed E-state index contributed by atoms with van der Waals surface area (Å²) >= 11 is 0. The molecule has 106 valence electrons. The van der Waals surface area contributed by atoms with Crippen molar-refractivity contribution in [3.05, 3.63) is 22.8 Å². The van der Waals surface area contributed by atoms with Gasteiger partial charge in [0.1, 0.15) is 5.75 Å². The zero-order valence-corrected chi connectivity index (χ0v) is 12.5. The van der Waals surface area contributed by atoms with Crippen LogP contribution in [0.25, 0.3) is 0 Å². The number of carbonyl (C=O) groups is 1. The lowest BCUT2D eigenvalue weighted by Crippen LogP contribution is -2.32. The summed E-state index contributed by atoms with van der Waals surface area (Å²) in [5.41, 5.74) is 3.42. The summed E-state index contributed by atoms with van der Waals surface area (Å²) in [6.07, 6.45) is 0. The van der Waals surface area contributed by atoms with E-state index in [2.05, 4.69) is 5.32 Å². The van der Waals surface area contributed by atoms with Crippen molar-refractivity contribution >= 4 is 11.7 Å². The van der Waals surface area contributed by atoms with Crippen molar-refractivity contribution in [2.24, 2.45) is 5.41 Å². The Morgan fingerprint density at radius 3 is 2.37 bits per heavy atom. The van der Waals surface area contributed by atoms with Crippen LogP contribution in [-0.4, -0.2) is 24.7 Å². The van der Waals surface area contributed by atoms with Gasteiger partial charge in [-0.2, -0.15) is 0 Å². The summed E-state index contributed by atoms with van der Waals surface area (Å²) in [6.45, 7) is 9.82. The van der Waals surface area contributed by atoms with Crippen LogP contribution in [0.1, 0.15) is 30.5 Å². The number of carboxylic acid groups (broad SMARTS) is 1. The molecule has 0 aliphatic heterocycles. The fourth-order valence-corrected chi connectivity index (χ4v) is 1.91.